The smallest absolute Gasteiger partial charge is 0.146 e. The van der Waals surface area contributed by atoms with Gasteiger partial charge < -0.3 is 0 Å². The predicted octanol–water partition coefficient (Wildman–Crippen LogP) is 3.29. The molecule has 0 bridgehead atoms. The van der Waals surface area contributed by atoms with E-state index >= 15 is 0 Å². The Morgan fingerprint density at radius 3 is 2.62 bits per heavy atom. The minimum Gasteiger partial charge on any atom is -0.261 e. The van der Waals surface area contributed by atoms with Crippen LogP contribution in [-0.2, 0) is 0 Å². The van der Waals surface area contributed by atoms with Crippen molar-refractivity contribution in [3.63, 3.8) is 0 Å². The molecule has 0 saturated carbocycles. The van der Waals surface area contributed by atoms with E-state index in [0.29, 0.717) is 0 Å². The number of aromatic nitrogens is 1. The van der Waals surface area contributed by atoms with Gasteiger partial charge in [-0.25, -0.2) is 4.98 Å². The van der Waals surface area contributed by atoms with Crippen molar-refractivity contribution < 1.29 is 0 Å². The van der Waals surface area contributed by atoms with E-state index in [1.165, 1.54) is 0 Å². The highest BCUT2D eigenvalue weighted by molar-refractivity contribution is 9.10. The fourth-order valence-corrected chi connectivity index (χ4v) is 1.42. The molecule has 0 spiro atoms. The van der Waals surface area contributed by atoms with Gasteiger partial charge in [0.2, 0.25) is 0 Å². The van der Waals surface area contributed by atoms with Crippen LogP contribution in [0.3, 0.4) is 0 Å². The van der Waals surface area contributed by atoms with Gasteiger partial charge in [-0.1, -0.05) is 34.1 Å². The summed E-state index contributed by atoms with van der Waals surface area (Å²) in [6, 6.07) is 13.5. The van der Waals surface area contributed by atoms with Crippen LogP contribution in [0.4, 0.5) is 5.82 Å². The normalized spacial score (nSPS) is 10.6. The van der Waals surface area contributed by atoms with Crippen molar-refractivity contribution in [1.82, 2.24) is 4.98 Å². The quantitative estimate of drug-likeness (QED) is 0.690. The van der Waals surface area contributed by atoms with Gasteiger partial charge in [0, 0.05) is 10.7 Å². The van der Waals surface area contributed by atoms with Crippen LogP contribution < -0.4 is 5.43 Å². The molecule has 2 rings (SSSR count). The Bertz CT molecular complexity index is 465. The fraction of sp³-hybridized carbons (Fsp3) is 0. The van der Waals surface area contributed by atoms with Crippen molar-refractivity contribution in [1.29, 1.82) is 0 Å². The van der Waals surface area contributed by atoms with Gasteiger partial charge >= 0.3 is 0 Å². The average molecular weight is 276 g/mol. The number of anilines is 1. The second kappa shape index (κ2) is 5.42. The standard InChI is InChI=1S/C12H10BrN3/c13-11-6-4-10(5-7-11)9-15-16-12-3-1-2-8-14-12/h1-9H,(H,14,16). The van der Waals surface area contributed by atoms with E-state index in [4.69, 9.17) is 0 Å². The van der Waals surface area contributed by atoms with Crippen molar-refractivity contribution in [2.45, 2.75) is 0 Å². The molecule has 80 valence electrons. The van der Waals surface area contributed by atoms with Gasteiger partial charge in [-0.15, -0.1) is 0 Å². The van der Waals surface area contributed by atoms with Crippen LogP contribution in [0.15, 0.2) is 58.2 Å². The number of hydrogen-bond donors (Lipinski definition) is 1. The van der Waals surface area contributed by atoms with Crippen LogP contribution in [0, 0.1) is 0 Å². The molecule has 0 unspecified atom stereocenters. The molecule has 0 saturated heterocycles. The number of benzene rings is 1. The number of nitrogens with one attached hydrogen (secondary N) is 1. The van der Waals surface area contributed by atoms with E-state index in [2.05, 4.69) is 31.4 Å². The molecule has 0 radical (unpaired) electrons. The van der Waals surface area contributed by atoms with E-state index in [1.54, 1.807) is 12.4 Å². The number of rotatable bonds is 3. The first-order valence-electron chi connectivity index (χ1n) is 4.80. The first kappa shape index (κ1) is 10.8. The summed E-state index contributed by atoms with van der Waals surface area (Å²) in [5.41, 5.74) is 3.89. The summed E-state index contributed by atoms with van der Waals surface area (Å²) in [5.74, 6) is 0.732. The number of pyridine rings is 1. The Balaban J connectivity index is 1.98. The van der Waals surface area contributed by atoms with Crippen molar-refractivity contribution in [2.24, 2.45) is 5.10 Å². The number of halogens is 1. The zero-order valence-corrected chi connectivity index (χ0v) is 10.1. The van der Waals surface area contributed by atoms with E-state index < -0.39 is 0 Å². The summed E-state index contributed by atoms with van der Waals surface area (Å²) in [7, 11) is 0. The van der Waals surface area contributed by atoms with Gasteiger partial charge in [0.1, 0.15) is 5.82 Å². The lowest BCUT2D eigenvalue weighted by Gasteiger charge is -1.97. The van der Waals surface area contributed by atoms with Crippen molar-refractivity contribution in [3.05, 3.63) is 58.7 Å². The van der Waals surface area contributed by atoms with E-state index in [1.807, 2.05) is 42.5 Å². The Hall–Kier alpha value is -1.68. The number of hydrogen-bond acceptors (Lipinski definition) is 3. The molecule has 4 heteroatoms. The molecule has 2 aromatic rings. The molecule has 1 aromatic heterocycles. The summed E-state index contributed by atoms with van der Waals surface area (Å²) >= 11 is 3.38. The number of nitrogens with zero attached hydrogens (tertiary/aromatic N) is 2. The topological polar surface area (TPSA) is 37.3 Å². The van der Waals surface area contributed by atoms with Gasteiger partial charge in [-0.05, 0) is 29.8 Å². The highest BCUT2D eigenvalue weighted by Crippen LogP contribution is 2.09. The fourth-order valence-electron chi connectivity index (χ4n) is 1.15. The maximum absolute atomic E-state index is 4.09. The molecule has 1 aromatic carbocycles. The summed E-state index contributed by atoms with van der Waals surface area (Å²) in [6.07, 6.45) is 3.47. The summed E-state index contributed by atoms with van der Waals surface area (Å²) in [6.45, 7) is 0. The minimum atomic E-state index is 0.732. The monoisotopic (exact) mass is 275 g/mol. The highest BCUT2D eigenvalue weighted by atomic mass is 79.9. The summed E-state index contributed by atoms with van der Waals surface area (Å²) < 4.78 is 1.06. The van der Waals surface area contributed by atoms with Gasteiger partial charge in [0.25, 0.3) is 0 Å². The van der Waals surface area contributed by atoms with Gasteiger partial charge in [0.05, 0.1) is 6.21 Å². The molecule has 0 atom stereocenters. The molecule has 0 amide bonds. The lowest BCUT2D eigenvalue weighted by atomic mass is 10.2. The number of hydrazone groups is 1. The second-order valence-electron chi connectivity index (χ2n) is 3.14. The van der Waals surface area contributed by atoms with Crippen LogP contribution >= 0.6 is 15.9 Å². The summed E-state index contributed by atoms with van der Waals surface area (Å²) in [4.78, 5) is 4.09. The van der Waals surface area contributed by atoms with Crippen LogP contribution in [0.1, 0.15) is 5.56 Å². The van der Waals surface area contributed by atoms with Crippen LogP contribution in [0.25, 0.3) is 0 Å². The molecule has 0 aliphatic carbocycles. The van der Waals surface area contributed by atoms with Gasteiger partial charge in [-0.3, -0.25) is 5.43 Å². The molecule has 0 fully saturated rings. The third-order valence-corrected chi connectivity index (χ3v) is 2.46. The molecule has 1 N–H and O–H groups in total. The minimum absolute atomic E-state index is 0.732. The SMILES string of the molecule is Brc1ccc(C=NNc2ccccn2)cc1. The molecule has 0 aliphatic heterocycles. The van der Waals surface area contributed by atoms with E-state index in [9.17, 15) is 0 Å². The maximum atomic E-state index is 4.09. The molecule has 16 heavy (non-hydrogen) atoms. The maximum Gasteiger partial charge on any atom is 0.146 e. The predicted molar refractivity (Wildman–Crippen MR) is 69.6 cm³/mol. The molecule has 3 nitrogen and oxygen atoms in total. The van der Waals surface area contributed by atoms with Gasteiger partial charge in [0.15, 0.2) is 0 Å². The Labute approximate surface area is 102 Å². The highest BCUT2D eigenvalue weighted by Gasteiger charge is 1.89. The van der Waals surface area contributed by atoms with Crippen molar-refractivity contribution >= 4 is 28.0 Å². The second-order valence-corrected chi connectivity index (χ2v) is 4.05. The lowest BCUT2D eigenvalue weighted by Crippen LogP contribution is -1.92. The van der Waals surface area contributed by atoms with Gasteiger partial charge in [-0.2, -0.15) is 5.10 Å². The largest absolute Gasteiger partial charge is 0.261 e. The Kier molecular flexibility index (Phi) is 3.66. The molecule has 0 aliphatic rings. The van der Waals surface area contributed by atoms with Crippen LogP contribution in [0.2, 0.25) is 0 Å². The molecule has 1 heterocycles. The molecular formula is C12H10BrN3. The lowest BCUT2D eigenvalue weighted by molar-refractivity contribution is 1.23. The third kappa shape index (κ3) is 3.17. The van der Waals surface area contributed by atoms with E-state index in [0.717, 1.165) is 15.9 Å². The summed E-state index contributed by atoms with van der Waals surface area (Å²) in [5, 5.41) is 4.09. The van der Waals surface area contributed by atoms with Crippen molar-refractivity contribution in [3.8, 4) is 0 Å². The van der Waals surface area contributed by atoms with E-state index in [-0.39, 0.29) is 0 Å². The van der Waals surface area contributed by atoms with Crippen LogP contribution in [0.5, 0.6) is 0 Å². The Morgan fingerprint density at radius 1 is 1.12 bits per heavy atom. The first-order chi connectivity index (χ1) is 7.84. The molecular weight excluding hydrogens is 266 g/mol. The first-order valence-corrected chi connectivity index (χ1v) is 5.59. The van der Waals surface area contributed by atoms with Crippen molar-refractivity contribution in [2.75, 3.05) is 5.43 Å². The third-order valence-electron chi connectivity index (χ3n) is 1.93. The average Bonchev–Trinajstić information content (AvgIpc) is 2.33. The van der Waals surface area contributed by atoms with Crippen LogP contribution in [-0.4, -0.2) is 11.2 Å². The Morgan fingerprint density at radius 2 is 1.94 bits per heavy atom. The zero-order valence-electron chi connectivity index (χ0n) is 8.47. The zero-order chi connectivity index (χ0) is 11.2.